The van der Waals surface area contributed by atoms with E-state index in [0.29, 0.717) is 0 Å². The molecule has 0 unspecified atom stereocenters. The molecule has 0 heterocycles. The van der Waals surface area contributed by atoms with Crippen LogP contribution in [0.2, 0.25) is 0 Å². The van der Waals surface area contributed by atoms with E-state index < -0.39 is 0 Å². The molecule has 0 spiro atoms. The van der Waals surface area contributed by atoms with Gasteiger partial charge in [0.2, 0.25) is 0 Å². The van der Waals surface area contributed by atoms with Crippen LogP contribution in [0.25, 0.3) is 0 Å². The zero-order valence-electron chi connectivity index (χ0n) is 5.94. The third kappa shape index (κ3) is 9.75. The maximum atomic E-state index is 5.03. The minimum absolute atomic E-state index is 0. The fourth-order valence-electron chi connectivity index (χ4n) is 0.348. The summed E-state index contributed by atoms with van der Waals surface area (Å²) in [5.41, 5.74) is 0. The van der Waals surface area contributed by atoms with Gasteiger partial charge in [-0.3, -0.25) is 0 Å². The normalized spacial score (nSPS) is 8.25. The maximum absolute atomic E-state index is 5.03. The average molecular weight is 108 g/mol. The van der Waals surface area contributed by atoms with E-state index in [9.17, 15) is 0 Å². The van der Waals surface area contributed by atoms with Crippen molar-refractivity contribution in [3.05, 3.63) is 6.92 Å². The van der Waals surface area contributed by atoms with E-state index >= 15 is 0 Å². The van der Waals surface area contributed by atoms with Gasteiger partial charge in [0.1, 0.15) is 0 Å². The van der Waals surface area contributed by atoms with E-state index in [0.717, 1.165) is 26.1 Å². The smallest absolute Gasteiger partial charge is 0.382 e. The molecule has 0 rings (SSSR count). The predicted octanol–water partition coefficient (Wildman–Crippen LogP) is -1.36. The van der Waals surface area contributed by atoms with Crippen LogP contribution in [-0.2, 0) is 4.74 Å². The molecule has 0 amide bonds. The minimum Gasteiger partial charge on any atom is -0.382 e. The van der Waals surface area contributed by atoms with Crippen LogP contribution in [0.3, 0.4) is 0 Å². The SMILES string of the molecule is [CH2-]CCCOCC.[Li+]. The summed E-state index contributed by atoms with van der Waals surface area (Å²) in [4.78, 5) is 0. The van der Waals surface area contributed by atoms with Crippen LogP contribution in [0.1, 0.15) is 19.8 Å². The van der Waals surface area contributed by atoms with Crippen LogP contribution in [0, 0.1) is 6.92 Å². The van der Waals surface area contributed by atoms with Crippen molar-refractivity contribution in [2.75, 3.05) is 13.2 Å². The molecule has 2 heteroatoms. The Bertz CT molecular complexity index is 27.7. The molecule has 44 valence electrons. The summed E-state index contributed by atoms with van der Waals surface area (Å²) in [6.07, 6.45) is 2.08. The molecule has 0 atom stereocenters. The summed E-state index contributed by atoms with van der Waals surface area (Å²) < 4.78 is 5.03. The standard InChI is InChI=1S/C6H13O.Li/c1-3-5-6-7-4-2;/h1,3-6H2,2H3;/q-1;+1. The second-order valence-corrected chi connectivity index (χ2v) is 1.40. The van der Waals surface area contributed by atoms with Gasteiger partial charge in [-0.2, -0.15) is 6.42 Å². The van der Waals surface area contributed by atoms with Crippen molar-refractivity contribution < 1.29 is 23.6 Å². The van der Waals surface area contributed by atoms with E-state index in [1.807, 2.05) is 6.92 Å². The fraction of sp³-hybridized carbons (Fsp3) is 0.833. The Morgan fingerprint density at radius 3 is 2.50 bits per heavy atom. The molecule has 0 saturated heterocycles. The van der Waals surface area contributed by atoms with Gasteiger partial charge in [0, 0.05) is 13.2 Å². The Balaban J connectivity index is 0. The summed E-state index contributed by atoms with van der Waals surface area (Å²) in [5.74, 6) is 0. The molecule has 0 radical (unpaired) electrons. The number of unbranched alkanes of at least 4 members (excludes halogenated alkanes) is 1. The Kier molecular flexibility index (Phi) is 14.9. The van der Waals surface area contributed by atoms with Crippen molar-refractivity contribution >= 4 is 0 Å². The number of hydrogen-bond donors (Lipinski definition) is 0. The van der Waals surface area contributed by atoms with Crippen molar-refractivity contribution in [3.63, 3.8) is 0 Å². The molecule has 0 saturated carbocycles. The molecule has 1 nitrogen and oxygen atoms in total. The summed E-state index contributed by atoms with van der Waals surface area (Å²) in [5, 5.41) is 0. The number of hydrogen-bond acceptors (Lipinski definition) is 1. The van der Waals surface area contributed by atoms with Crippen LogP contribution in [0.15, 0.2) is 0 Å². The van der Waals surface area contributed by atoms with Crippen LogP contribution in [0.4, 0.5) is 0 Å². The third-order valence-electron chi connectivity index (χ3n) is 0.743. The molecule has 8 heavy (non-hydrogen) atoms. The first-order valence-electron chi connectivity index (χ1n) is 2.78. The zero-order valence-corrected chi connectivity index (χ0v) is 5.94. The largest absolute Gasteiger partial charge is 1.00 e. The Morgan fingerprint density at radius 1 is 1.50 bits per heavy atom. The first kappa shape index (κ1) is 11.4. The average Bonchev–Trinajstić information content (AvgIpc) is 1.69. The minimum atomic E-state index is 0. The topological polar surface area (TPSA) is 9.23 Å². The van der Waals surface area contributed by atoms with Gasteiger partial charge < -0.3 is 11.7 Å². The zero-order chi connectivity index (χ0) is 5.54. The van der Waals surface area contributed by atoms with E-state index in [2.05, 4.69) is 6.92 Å². The number of rotatable bonds is 4. The number of ether oxygens (including phenoxy) is 1. The Morgan fingerprint density at radius 2 is 2.12 bits per heavy atom. The Hall–Kier alpha value is 0.557. The molecular formula is C6H13LiO. The van der Waals surface area contributed by atoms with Gasteiger partial charge in [-0.05, 0) is 6.92 Å². The van der Waals surface area contributed by atoms with Gasteiger partial charge in [-0.15, -0.1) is 0 Å². The Labute approximate surface area is 64.0 Å². The molecular weight excluding hydrogens is 95.0 g/mol. The monoisotopic (exact) mass is 108 g/mol. The maximum Gasteiger partial charge on any atom is 1.00 e. The summed E-state index contributed by atoms with van der Waals surface area (Å²) >= 11 is 0. The first-order chi connectivity index (χ1) is 3.41. The van der Waals surface area contributed by atoms with Crippen LogP contribution in [0.5, 0.6) is 0 Å². The van der Waals surface area contributed by atoms with Crippen LogP contribution in [-0.4, -0.2) is 13.2 Å². The van der Waals surface area contributed by atoms with Gasteiger partial charge >= 0.3 is 18.9 Å². The van der Waals surface area contributed by atoms with Crippen LogP contribution < -0.4 is 18.9 Å². The predicted molar refractivity (Wildman–Crippen MR) is 31.1 cm³/mol. The summed E-state index contributed by atoms with van der Waals surface area (Å²) in [7, 11) is 0. The molecule has 0 aliphatic heterocycles. The molecule has 0 aromatic carbocycles. The van der Waals surface area contributed by atoms with Crippen molar-refractivity contribution in [3.8, 4) is 0 Å². The molecule has 0 aromatic heterocycles. The molecule has 0 fully saturated rings. The second kappa shape index (κ2) is 10.5. The van der Waals surface area contributed by atoms with Crippen molar-refractivity contribution in [1.82, 2.24) is 0 Å². The van der Waals surface area contributed by atoms with Crippen molar-refractivity contribution in [2.45, 2.75) is 19.8 Å². The summed E-state index contributed by atoms with van der Waals surface area (Å²) in [6, 6.07) is 0. The van der Waals surface area contributed by atoms with Gasteiger partial charge in [0.15, 0.2) is 0 Å². The van der Waals surface area contributed by atoms with E-state index in [4.69, 9.17) is 4.74 Å². The molecule has 0 aliphatic carbocycles. The van der Waals surface area contributed by atoms with E-state index in [-0.39, 0.29) is 18.9 Å². The van der Waals surface area contributed by atoms with Crippen molar-refractivity contribution in [2.24, 2.45) is 0 Å². The van der Waals surface area contributed by atoms with Gasteiger partial charge in [-0.1, -0.05) is 6.42 Å². The quantitative estimate of drug-likeness (QED) is 0.245. The summed E-state index contributed by atoms with van der Waals surface area (Å²) in [6.45, 7) is 7.39. The molecule has 0 aromatic rings. The van der Waals surface area contributed by atoms with Crippen molar-refractivity contribution in [1.29, 1.82) is 0 Å². The van der Waals surface area contributed by atoms with Gasteiger partial charge in [0.05, 0.1) is 0 Å². The molecule has 0 bridgehead atoms. The first-order valence-corrected chi connectivity index (χ1v) is 2.78. The second-order valence-electron chi connectivity index (χ2n) is 1.40. The van der Waals surface area contributed by atoms with Gasteiger partial charge in [-0.25, -0.2) is 0 Å². The van der Waals surface area contributed by atoms with Crippen LogP contribution >= 0.6 is 0 Å². The fourth-order valence-corrected chi connectivity index (χ4v) is 0.348. The van der Waals surface area contributed by atoms with E-state index in [1.165, 1.54) is 0 Å². The third-order valence-corrected chi connectivity index (χ3v) is 0.743. The molecule has 0 aliphatic rings. The molecule has 0 N–H and O–H groups in total. The van der Waals surface area contributed by atoms with Gasteiger partial charge in [0.25, 0.3) is 0 Å². The van der Waals surface area contributed by atoms with E-state index in [1.54, 1.807) is 0 Å².